The molecule has 54 valence electrons. The van der Waals surface area contributed by atoms with Crippen LogP contribution in [0.4, 0.5) is 0 Å². The van der Waals surface area contributed by atoms with Gasteiger partial charge in [0.1, 0.15) is 4.64 Å². The monoisotopic (exact) mass is 176 g/mol. The van der Waals surface area contributed by atoms with Gasteiger partial charge in [0, 0.05) is 5.69 Å². The van der Waals surface area contributed by atoms with E-state index in [1.807, 2.05) is 0 Å². The Bertz CT molecular complexity index is 353. The quantitative estimate of drug-likeness (QED) is 0.587. The highest BCUT2D eigenvalue weighted by Crippen LogP contribution is 2.09. The number of nitrogens with one attached hydrogen (secondary N) is 2. The summed E-state index contributed by atoms with van der Waals surface area (Å²) in [5, 5.41) is 0.398. The van der Waals surface area contributed by atoms with Crippen molar-refractivity contribution in [1.29, 1.82) is 0 Å². The minimum absolute atomic E-state index is 0.280. The Morgan fingerprint density at radius 1 is 1.50 bits per heavy atom. The number of H-pyrrole nitrogens is 2. The summed E-state index contributed by atoms with van der Waals surface area (Å²) in [6.45, 7) is 1.69. The Hall–Kier alpha value is -0.610. The third-order valence-electron chi connectivity index (χ3n) is 1.06. The van der Waals surface area contributed by atoms with Crippen molar-refractivity contribution >= 4 is 23.8 Å². The first kappa shape index (κ1) is 7.50. The number of aromatic nitrogens is 2. The molecule has 0 unspecified atom stereocenters. The Labute approximate surface area is 67.1 Å². The molecule has 1 aromatic heterocycles. The molecule has 0 aromatic carbocycles. The van der Waals surface area contributed by atoms with E-state index in [9.17, 15) is 4.79 Å². The van der Waals surface area contributed by atoms with Gasteiger partial charge in [-0.05, 0) is 6.92 Å². The van der Waals surface area contributed by atoms with E-state index in [1.165, 1.54) is 0 Å². The minimum Gasteiger partial charge on any atom is -0.310 e. The fourth-order valence-electron chi connectivity index (χ4n) is 0.585. The van der Waals surface area contributed by atoms with Crippen molar-refractivity contribution in [3.05, 3.63) is 25.8 Å². The van der Waals surface area contributed by atoms with E-state index in [2.05, 4.69) is 9.97 Å². The molecule has 0 radical (unpaired) electrons. The zero-order chi connectivity index (χ0) is 7.72. The lowest BCUT2D eigenvalue weighted by Gasteiger charge is -1.93. The molecular formula is C5H5ClN2OS. The molecule has 0 bridgehead atoms. The zero-order valence-electron chi connectivity index (χ0n) is 5.19. The smallest absolute Gasteiger partial charge is 0.310 e. The van der Waals surface area contributed by atoms with Crippen molar-refractivity contribution < 1.29 is 0 Å². The summed E-state index contributed by atoms with van der Waals surface area (Å²) in [5.74, 6) is 0. The van der Waals surface area contributed by atoms with Gasteiger partial charge in [-0.3, -0.25) is 4.98 Å². The summed E-state index contributed by atoms with van der Waals surface area (Å²) < 4.78 is 0.280. The van der Waals surface area contributed by atoms with Crippen molar-refractivity contribution in [3.63, 3.8) is 0 Å². The van der Waals surface area contributed by atoms with Gasteiger partial charge in [-0.1, -0.05) is 23.8 Å². The van der Waals surface area contributed by atoms with Gasteiger partial charge in [-0.25, -0.2) is 4.79 Å². The molecule has 0 fully saturated rings. The minimum atomic E-state index is -0.327. The zero-order valence-corrected chi connectivity index (χ0v) is 6.77. The second-order valence-corrected chi connectivity index (χ2v) is 2.63. The van der Waals surface area contributed by atoms with Crippen LogP contribution in [0.2, 0.25) is 5.02 Å². The Kier molecular flexibility index (Phi) is 1.92. The first-order valence-electron chi connectivity index (χ1n) is 2.60. The second-order valence-electron chi connectivity index (χ2n) is 1.85. The van der Waals surface area contributed by atoms with Crippen LogP contribution < -0.4 is 5.69 Å². The summed E-state index contributed by atoms with van der Waals surface area (Å²) in [5.41, 5.74) is 0.266. The van der Waals surface area contributed by atoms with Gasteiger partial charge >= 0.3 is 5.69 Å². The highest BCUT2D eigenvalue weighted by molar-refractivity contribution is 7.71. The number of aryl methyl sites for hydroxylation is 1. The van der Waals surface area contributed by atoms with Gasteiger partial charge in [0.15, 0.2) is 0 Å². The highest BCUT2D eigenvalue weighted by Gasteiger charge is 1.96. The number of rotatable bonds is 0. The van der Waals surface area contributed by atoms with E-state index in [4.69, 9.17) is 23.8 Å². The second kappa shape index (κ2) is 2.56. The van der Waals surface area contributed by atoms with Gasteiger partial charge in [0.05, 0.1) is 5.02 Å². The van der Waals surface area contributed by atoms with E-state index in [1.54, 1.807) is 6.92 Å². The van der Waals surface area contributed by atoms with Crippen molar-refractivity contribution in [2.24, 2.45) is 0 Å². The molecule has 0 atom stereocenters. The number of hydrogen-bond acceptors (Lipinski definition) is 2. The summed E-state index contributed by atoms with van der Waals surface area (Å²) in [7, 11) is 0. The normalized spacial score (nSPS) is 9.80. The van der Waals surface area contributed by atoms with Crippen molar-refractivity contribution in [2.45, 2.75) is 6.92 Å². The van der Waals surface area contributed by atoms with E-state index < -0.39 is 0 Å². The fourth-order valence-corrected chi connectivity index (χ4v) is 0.925. The summed E-state index contributed by atoms with van der Waals surface area (Å²) in [6, 6.07) is 0. The van der Waals surface area contributed by atoms with Crippen LogP contribution in [0.3, 0.4) is 0 Å². The maximum atomic E-state index is 10.6. The molecular weight excluding hydrogens is 172 g/mol. The molecule has 0 saturated carbocycles. The predicted octanol–water partition coefficient (Wildman–Crippen LogP) is 1.39. The number of halogens is 1. The highest BCUT2D eigenvalue weighted by atomic mass is 35.5. The van der Waals surface area contributed by atoms with Crippen LogP contribution >= 0.6 is 23.8 Å². The van der Waals surface area contributed by atoms with E-state index >= 15 is 0 Å². The number of hydrogen-bond donors (Lipinski definition) is 2. The van der Waals surface area contributed by atoms with Crippen molar-refractivity contribution in [1.82, 2.24) is 9.97 Å². The lowest BCUT2D eigenvalue weighted by atomic mass is 10.5. The largest absolute Gasteiger partial charge is 0.324 e. The summed E-state index contributed by atoms with van der Waals surface area (Å²) in [4.78, 5) is 15.4. The lowest BCUT2D eigenvalue weighted by Crippen LogP contribution is -2.11. The van der Waals surface area contributed by atoms with E-state index in [-0.39, 0.29) is 10.3 Å². The molecule has 2 N–H and O–H groups in total. The van der Waals surface area contributed by atoms with E-state index in [0.717, 1.165) is 0 Å². The van der Waals surface area contributed by atoms with Crippen molar-refractivity contribution in [3.8, 4) is 0 Å². The van der Waals surface area contributed by atoms with E-state index in [0.29, 0.717) is 10.7 Å². The van der Waals surface area contributed by atoms with Gasteiger partial charge in [-0.2, -0.15) is 0 Å². The summed E-state index contributed by atoms with van der Waals surface area (Å²) in [6.07, 6.45) is 0. The Morgan fingerprint density at radius 3 is 2.60 bits per heavy atom. The predicted molar refractivity (Wildman–Crippen MR) is 42.0 cm³/mol. The topological polar surface area (TPSA) is 48.6 Å². The maximum Gasteiger partial charge on any atom is 0.324 e. The number of aromatic amines is 2. The molecule has 0 aliphatic heterocycles. The summed E-state index contributed by atoms with van der Waals surface area (Å²) >= 11 is 10.4. The third-order valence-corrected chi connectivity index (χ3v) is 1.95. The standard InChI is InChI=1S/C5H5ClN2OS/c1-2-3(6)4(10)8-5(9)7-2/h1H3,(H2,7,8,9,10). The van der Waals surface area contributed by atoms with Crippen LogP contribution in [0, 0.1) is 11.6 Å². The van der Waals surface area contributed by atoms with Crippen LogP contribution in [-0.4, -0.2) is 9.97 Å². The van der Waals surface area contributed by atoms with Crippen LogP contribution in [0.5, 0.6) is 0 Å². The molecule has 0 spiro atoms. The van der Waals surface area contributed by atoms with Crippen LogP contribution in [-0.2, 0) is 0 Å². The lowest BCUT2D eigenvalue weighted by molar-refractivity contribution is 1.02. The molecule has 0 aliphatic carbocycles. The molecule has 10 heavy (non-hydrogen) atoms. The molecule has 3 nitrogen and oxygen atoms in total. The molecule has 1 rings (SSSR count). The Morgan fingerprint density at radius 2 is 2.10 bits per heavy atom. The van der Waals surface area contributed by atoms with Gasteiger partial charge in [-0.15, -0.1) is 0 Å². The van der Waals surface area contributed by atoms with Crippen LogP contribution in [0.25, 0.3) is 0 Å². The van der Waals surface area contributed by atoms with Crippen molar-refractivity contribution in [2.75, 3.05) is 0 Å². The molecule has 5 heteroatoms. The first-order chi connectivity index (χ1) is 4.61. The van der Waals surface area contributed by atoms with Gasteiger partial charge < -0.3 is 4.98 Å². The SMILES string of the molecule is Cc1[nH]c(=O)[nH]c(=S)c1Cl. The molecule has 0 saturated heterocycles. The third kappa shape index (κ3) is 1.27. The first-order valence-corrected chi connectivity index (χ1v) is 3.38. The molecule has 0 amide bonds. The van der Waals surface area contributed by atoms with Crippen LogP contribution in [0.15, 0.2) is 4.79 Å². The maximum absolute atomic E-state index is 10.6. The Balaban J connectivity index is 3.62. The average molecular weight is 177 g/mol. The fraction of sp³-hybridized carbons (Fsp3) is 0.200. The van der Waals surface area contributed by atoms with Gasteiger partial charge in [0.2, 0.25) is 0 Å². The molecule has 0 aliphatic rings. The average Bonchev–Trinajstić information content (AvgIpc) is 1.82. The van der Waals surface area contributed by atoms with Gasteiger partial charge in [0.25, 0.3) is 0 Å². The van der Waals surface area contributed by atoms with Crippen LogP contribution in [0.1, 0.15) is 5.69 Å². The molecule has 1 aromatic rings. The molecule has 1 heterocycles.